The first-order valence-corrected chi connectivity index (χ1v) is 5.75. The van der Waals surface area contributed by atoms with Gasteiger partial charge in [-0.2, -0.15) is 0 Å². The van der Waals surface area contributed by atoms with Gasteiger partial charge in [0.25, 0.3) is 0 Å². The number of ether oxygens (including phenoxy) is 2. The number of hydrogen-bond acceptors (Lipinski definition) is 4. The number of fused-ring (bicyclic) bond motifs is 1. The zero-order chi connectivity index (χ0) is 11.3. The van der Waals surface area contributed by atoms with Gasteiger partial charge in [-0.3, -0.25) is 4.79 Å². The molecule has 1 heterocycles. The van der Waals surface area contributed by atoms with Crippen molar-refractivity contribution in [3.63, 3.8) is 0 Å². The lowest BCUT2D eigenvalue weighted by Crippen LogP contribution is -2.07. The van der Waals surface area contributed by atoms with E-state index in [2.05, 4.69) is 15.9 Å². The van der Waals surface area contributed by atoms with Gasteiger partial charge in [-0.25, -0.2) is 0 Å². The van der Waals surface area contributed by atoms with E-state index in [4.69, 9.17) is 9.47 Å². The maximum absolute atomic E-state index is 10.9. The zero-order valence-electron chi connectivity index (χ0n) is 8.33. The van der Waals surface area contributed by atoms with E-state index < -0.39 is 5.60 Å². The van der Waals surface area contributed by atoms with Gasteiger partial charge in [0, 0.05) is 10.0 Å². The summed E-state index contributed by atoms with van der Waals surface area (Å²) in [4.78, 5) is 10.9. The molecule has 1 aliphatic heterocycles. The quantitative estimate of drug-likeness (QED) is 0.844. The molecule has 84 valence electrons. The largest absolute Gasteiger partial charge is 0.453 e. The molecule has 2 aliphatic rings. The first-order valence-electron chi connectivity index (χ1n) is 4.96. The van der Waals surface area contributed by atoms with E-state index in [9.17, 15) is 9.90 Å². The number of benzene rings is 1. The molecule has 1 aliphatic carbocycles. The van der Waals surface area contributed by atoms with E-state index in [1.807, 2.05) is 0 Å². The van der Waals surface area contributed by atoms with E-state index in [1.165, 1.54) is 0 Å². The van der Waals surface area contributed by atoms with Crippen molar-refractivity contribution in [3.05, 3.63) is 21.7 Å². The topological polar surface area (TPSA) is 55.8 Å². The Bertz CT molecular complexity index is 479. The van der Waals surface area contributed by atoms with Crippen LogP contribution >= 0.6 is 15.9 Å². The summed E-state index contributed by atoms with van der Waals surface area (Å²) in [5.41, 5.74) is 0.316. The normalized spacial score (nSPS) is 19.6. The first kappa shape index (κ1) is 10.1. The molecule has 0 bridgehead atoms. The second-order valence-corrected chi connectivity index (χ2v) is 4.89. The molecule has 16 heavy (non-hydrogen) atoms. The van der Waals surface area contributed by atoms with Crippen molar-refractivity contribution in [1.82, 2.24) is 0 Å². The van der Waals surface area contributed by atoms with Crippen LogP contribution in [0.3, 0.4) is 0 Å². The predicted molar refractivity (Wildman–Crippen MR) is 58.8 cm³/mol. The van der Waals surface area contributed by atoms with Gasteiger partial charge in [-0.1, -0.05) is 15.9 Å². The molecule has 0 amide bonds. The van der Waals surface area contributed by atoms with Crippen molar-refractivity contribution in [2.45, 2.75) is 18.4 Å². The molecule has 0 unspecified atom stereocenters. The van der Waals surface area contributed by atoms with Crippen molar-refractivity contribution in [1.29, 1.82) is 0 Å². The molecular formula is C11H9BrO4. The van der Waals surface area contributed by atoms with Crippen LogP contribution in [0.5, 0.6) is 11.5 Å². The summed E-state index contributed by atoms with van der Waals surface area (Å²) in [5.74, 6) is 0.935. The van der Waals surface area contributed by atoms with Gasteiger partial charge in [-0.15, -0.1) is 0 Å². The number of hydrogen-bond donors (Lipinski definition) is 1. The van der Waals surface area contributed by atoms with Gasteiger partial charge >= 0.3 is 0 Å². The fourth-order valence-electron chi connectivity index (χ4n) is 1.95. The number of carbonyl (C=O) groups excluding carboxylic acids is 1. The predicted octanol–water partition coefficient (Wildman–Crippen LogP) is 1.97. The second-order valence-electron chi connectivity index (χ2n) is 4.04. The minimum atomic E-state index is -0.821. The molecule has 1 aromatic carbocycles. The van der Waals surface area contributed by atoms with Gasteiger partial charge in [0.15, 0.2) is 17.8 Å². The Kier molecular flexibility index (Phi) is 2.03. The van der Waals surface area contributed by atoms with Crippen molar-refractivity contribution in [3.8, 4) is 11.5 Å². The van der Waals surface area contributed by atoms with Gasteiger partial charge in [-0.05, 0) is 18.9 Å². The van der Waals surface area contributed by atoms with Crippen LogP contribution < -0.4 is 9.47 Å². The molecule has 4 nitrogen and oxygen atoms in total. The minimum Gasteiger partial charge on any atom is -0.453 e. The highest BCUT2D eigenvalue weighted by molar-refractivity contribution is 9.10. The van der Waals surface area contributed by atoms with Crippen LogP contribution in [-0.4, -0.2) is 18.2 Å². The third-order valence-corrected chi connectivity index (χ3v) is 3.56. The van der Waals surface area contributed by atoms with Crippen LogP contribution in [0.1, 0.15) is 28.8 Å². The summed E-state index contributed by atoms with van der Waals surface area (Å²) in [6.45, 7) is 0.0930. The van der Waals surface area contributed by atoms with Crippen LogP contribution in [-0.2, 0) is 5.60 Å². The number of halogens is 1. The SMILES string of the molecule is O=Cc1cc(Br)c(C2(O)CC2)c2c1OCO2. The Morgan fingerprint density at radius 2 is 2.06 bits per heavy atom. The summed E-state index contributed by atoms with van der Waals surface area (Å²) in [7, 11) is 0. The van der Waals surface area contributed by atoms with Crippen molar-refractivity contribution in [2.24, 2.45) is 0 Å². The molecule has 0 spiro atoms. The van der Waals surface area contributed by atoms with Crippen LogP contribution in [0.25, 0.3) is 0 Å². The molecule has 1 N–H and O–H groups in total. The fraction of sp³-hybridized carbons (Fsp3) is 0.364. The monoisotopic (exact) mass is 284 g/mol. The third kappa shape index (κ3) is 1.28. The summed E-state index contributed by atoms with van der Waals surface area (Å²) < 4.78 is 11.3. The van der Waals surface area contributed by atoms with E-state index in [0.29, 0.717) is 39.9 Å². The lowest BCUT2D eigenvalue weighted by molar-refractivity contribution is 0.111. The maximum Gasteiger partial charge on any atom is 0.231 e. The molecule has 5 heteroatoms. The standard InChI is InChI=1S/C11H9BrO4/c12-7-3-6(4-13)9-10(16-5-15-9)8(7)11(14)1-2-11/h3-4,14H,1-2,5H2. The third-order valence-electron chi connectivity index (χ3n) is 2.94. The second kappa shape index (κ2) is 3.21. The maximum atomic E-state index is 10.9. The molecule has 0 radical (unpaired) electrons. The van der Waals surface area contributed by atoms with Gasteiger partial charge in [0.2, 0.25) is 6.79 Å². The molecule has 1 saturated carbocycles. The van der Waals surface area contributed by atoms with Crippen LogP contribution in [0.15, 0.2) is 10.5 Å². The van der Waals surface area contributed by atoms with Gasteiger partial charge < -0.3 is 14.6 Å². The van der Waals surface area contributed by atoms with Crippen molar-refractivity contribution in [2.75, 3.05) is 6.79 Å². The van der Waals surface area contributed by atoms with Crippen molar-refractivity contribution >= 4 is 22.2 Å². The fourth-order valence-corrected chi connectivity index (χ4v) is 2.75. The van der Waals surface area contributed by atoms with Crippen LogP contribution in [0.4, 0.5) is 0 Å². The highest BCUT2D eigenvalue weighted by atomic mass is 79.9. The number of aliphatic hydroxyl groups is 1. The molecule has 0 atom stereocenters. The highest BCUT2D eigenvalue weighted by Crippen LogP contribution is 2.55. The van der Waals surface area contributed by atoms with Crippen LogP contribution in [0, 0.1) is 0 Å². The average Bonchev–Trinajstić information content (AvgIpc) is 2.81. The molecule has 3 rings (SSSR count). The van der Waals surface area contributed by atoms with Gasteiger partial charge in [0.1, 0.15) is 0 Å². The molecule has 1 aromatic rings. The number of aldehydes is 1. The zero-order valence-corrected chi connectivity index (χ0v) is 9.91. The average molecular weight is 285 g/mol. The van der Waals surface area contributed by atoms with E-state index in [-0.39, 0.29) is 6.79 Å². The molecule has 0 saturated heterocycles. The summed E-state index contributed by atoms with van der Waals surface area (Å²) in [6, 6.07) is 1.66. The lowest BCUT2D eigenvalue weighted by Gasteiger charge is -2.14. The molecular weight excluding hydrogens is 276 g/mol. The Balaban J connectivity index is 2.26. The molecule has 0 aromatic heterocycles. The summed E-state index contributed by atoms with van der Waals surface area (Å²) in [6.07, 6.45) is 2.14. The Morgan fingerprint density at radius 3 is 2.69 bits per heavy atom. The van der Waals surface area contributed by atoms with Gasteiger partial charge in [0.05, 0.1) is 11.2 Å². The van der Waals surface area contributed by atoms with Crippen molar-refractivity contribution < 1.29 is 19.4 Å². The Morgan fingerprint density at radius 1 is 1.38 bits per heavy atom. The Labute approximate surface area is 100 Å². The first-order chi connectivity index (χ1) is 7.65. The summed E-state index contributed by atoms with van der Waals surface area (Å²) >= 11 is 3.36. The highest BCUT2D eigenvalue weighted by Gasteiger charge is 2.47. The number of rotatable bonds is 2. The summed E-state index contributed by atoms with van der Waals surface area (Å²) in [5, 5.41) is 10.2. The van der Waals surface area contributed by atoms with E-state index in [0.717, 1.165) is 6.29 Å². The smallest absolute Gasteiger partial charge is 0.231 e. The van der Waals surface area contributed by atoms with E-state index >= 15 is 0 Å². The lowest BCUT2D eigenvalue weighted by atomic mass is 10.0. The molecule has 1 fully saturated rings. The Hall–Kier alpha value is -1.07. The number of carbonyl (C=O) groups is 1. The minimum absolute atomic E-state index is 0.0930. The van der Waals surface area contributed by atoms with E-state index in [1.54, 1.807) is 6.07 Å². The van der Waals surface area contributed by atoms with Crippen LogP contribution in [0.2, 0.25) is 0 Å².